The van der Waals surface area contributed by atoms with E-state index in [0.717, 1.165) is 12.8 Å². The molecule has 0 amide bonds. The van der Waals surface area contributed by atoms with Gasteiger partial charge in [0.05, 0.1) is 45.7 Å². The van der Waals surface area contributed by atoms with E-state index in [1.165, 1.54) is 26.1 Å². The quantitative estimate of drug-likeness (QED) is 0.462. The number of hydrogen-bond donors (Lipinski definition) is 0. The zero-order valence-corrected chi connectivity index (χ0v) is 19.1. The molecule has 5 heteroatoms. The van der Waals surface area contributed by atoms with Gasteiger partial charge in [0.2, 0.25) is 0 Å². The molecule has 0 saturated carbocycles. The lowest BCUT2D eigenvalue weighted by Crippen LogP contribution is -2.37. The van der Waals surface area contributed by atoms with Gasteiger partial charge in [0.15, 0.2) is 0 Å². The van der Waals surface area contributed by atoms with Crippen LogP contribution >= 0.6 is 0 Å². The third-order valence-electron chi connectivity index (χ3n) is 3.46. The zero-order chi connectivity index (χ0) is 20.5. The van der Waals surface area contributed by atoms with Gasteiger partial charge in [-0.2, -0.15) is 0 Å². The summed E-state index contributed by atoms with van der Waals surface area (Å²) in [7, 11) is 1.67. The molecule has 0 radical (unpaired) electrons. The number of methoxy groups -OCH3 is 1. The number of piperidine rings is 1. The molecule has 5 nitrogen and oxygen atoms in total. The lowest BCUT2D eigenvalue weighted by atomic mass is 10.1. The van der Waals surface area contributed by atoms with Gasteiger partial charge in [-0.25, -0.2) is 0 Å². The highest BCUT2D eigenvalue weighted by Crippen LogP contribution is 2.13. The van der Waals surface area contributed by atoms with Gasteiger partial charge in [-0.15, -0.1) is 0 Å². The molecule has 162 valence electrons. The van der Waals surface area contributed by atoms with Crippen molar-refractivity contribution in [2.75, 3.05) is 66.4 Å². The normalized spacial score (nSPS) is 14.3. The van der Waals surface area contributed by atoms with Crippen molar-refractivity contribution in [3.63, 3.8) is 0 Å². The van der Waals surface area contributed by atoms with Crippen LogP contribution in [-0.2, 0) is 18.9 Å². The third kappa shape index (κ3) is 21.8. The van der Waals surface area contributed by atoms with E-state index in [-0.39, 0.29) is 0 Å². The van der Waals surface area contributed by atoms with Crippen LogP contribution in [0, 0.1) is 0 Å². The largest absolute Gasteiger partial charge is 0.382 e. The van der Waals surface area contributed by atoms with Gasteiger partial charge in [0, 0.05) is 20.2 Å². The van der Waals surface area contributed by atoms with Gasteiger partial charge in [-0.1, -0.05) is 48.5 Å². The number of hydrogen-bond acceptors (Lipinski definition) is 5. The maximum absolute atomic E-state index is 5.84. The first kappa shape index (κ1) is 30.5. The average molecular weight is 380 g/mol. The molecule has 1 saturated heterocycles. The Kier molecular flexibility index (Phi) is 34.7. The van der Waals surface area contributed by atoms with Crippen LogP contribution < -0.4 is 0 Å². The molecule has 26 heavy (non-hydrogen) atoms. The van der Waals surface area contributed by atoms with E-state index in [2.05, 4.69) is 11.8 Å². The molecular formula is C21H49NO4. The van der Waals surface area contributed by atoms with Crippen LogP contribution in [0.3, 0.4) is 0 Å². The Morgan fingerprint density at radius 3 is 1.65 bits per heavy atom. The predicted octanol–water partition coefficient (Wildman–Crippen LogP) is 4.64. The first-order chi connectivity index (χ1) is 12.9. The fourth-order valence-electron chi connectivity index (χ4n) is 2.35. The molecule has 0 aliphatic carbocycles. The van der Waals surface area contributed by atoms with Crippen molar-refractivity contribution < 1.29 is 18.9 Å². The lowest BCUT2D eigenvalue weighted by molar-refractivity contribution is -0.0333. The second-order valence-corrected chi connectivity index (χ2v) is 5.13. The molecule has 1 heterocycles. The van der Waals surface area contributed by atoms with E-state index in [1.54, 1.807) is 7.11 Å². The van der Waals surface area contributed by atoms with E-state index >= 15 is 0 Å². The Bertz CT molecular complexity index is 210. The number of likely N-dealkylation sites (tertiary alicyclic amines) is 1. The molecule has 0 bridgehead atoms. The Hall–Kier alpha value is -0.200. The van der Waals surface area contributed by atoms with Crippen molar-refractivity contribution in [3.05, 3.63) is 0 Å². The predicted molar refractivity (Wildman–Crippen MR) is 113 cm³/mol. The second-order valence-electron chi connectivity index (χ2n) is 5.13. The van der Waals surface area contributed by atoms with Crippen LogP contribution in [0.1, 0.15) is 67.7 Å². The van der Waals surface area contributed by atoms with E-state index in [0.29, 0.717) is 45.7 Å². The van der Waals surface area contributed by atoms with Gasteiger partial charge < -0.3 is 23.8 Å². The first-order valence-corrected chi connectivity index (χ1v) is 10.8. The van der Waals surface area contributed by atoms with Crippen molar-refractivity contribution in [1.82, 2.24) is 4.90 Å². The van der Waals surface area contributed by atoms with Crippen LogP contribution in [0.15, 0.2) is 0 Å². The zero-order valence-electron chi connectivity index (χ0n) is 19.1. The highest BCUT2D eigenvalue weighted by molar-refractivity contribution is 4.71. The van der Waals surface area contributed by atoms with Crippen LogP contribution in [0.5, 0.6) is 0 Å². The van der Waals surface area contributed by atoms with Gasteiger partial charge in [-0.05, 0) is 25.8 Å². The second kappa shape index (κ2) is 29.6. The number of ether oxygens (including phenoxy) is 4. The van der Waals surface area contributed by atoms with Crippen LogP contribution in [0.4, 0.5) is 0 Å². The first-order valence-electron chi connectivity index (χ1n) is 10.8. The summed E-state index contributed by atoms with van der Waals surface area (Å²) in [5.41, 5.74) is 0. The summed E-state index contributed by atoms with van der Waals surface area (Å²) >= 11 is 0. The highest BCUT2D eigenvalue weighted by Gasteiger charge is 2.18. The van der Waals surface area contributed by atoms with Crippen LogP contribution in [0.25, 0.3) is 0 Å². The molecule has 0 unspecified atom stereocenters. The average Bonchev–Trinajstić information content (AvgIpc) is 2.73. The molecule has 0 aromatic heterocycles. The van der Waals surface area contributed by atoms with Gasteiger partial charge >= 0.3 is 0 Å². The molecule has 1 fully saturated rings. The molecular weight excluding hydrogens is 330 g/mol. The summed E-state index contributed by atoms with van der Waals surface area (Å²) < 4.78 is 21.5. The fourth-order valence-corrected chi connectivity index (χ4v) is 2.35. The molecule has 0 aromatic carbocycles. The molecule has 0 aromatic rings. The minimum absolute atomic E-state index is 0.421. The lowest BCUT2D eigenvalue weighted by Gasteiger charge is -2.31. The fraction of sp³-hybridized carbons (Fsp3) is 1.00. The van der Waals surface area contributed by atoms with Gasteiger partial charge in [0.1, 0.15) is 0 Å². The van der Waals surface area contributed by atoms with Crippen molar-refractivity contribution in [3.8, 4) is 0 Å². The summed E-state index contributed by atoms with van der Waals surface area (Å²) in [6.45, 7) is 21.7. The monoisotopic (exact) mass is 379 g/mol. The minimum Gasteiger partial charge on any atom is -0.382 e. The third-order valence-corrected chi connectivity index (χ3v) is 3.46. The Labute approximate surface area is 164 Å². The van der Waals surface area contributed by atoms with E-state index in [4.69, 9.17) is 18.9 Å². The van der Waals surface area contributed by atoms with Crippen molar-refractivity contribution in [1.29, 1.82) is 0 Å². The van der Waals surface area contributed by atoms with Crippen LogP contribution in [0.2, 0.25) is 0 Å². The number of nitrogens with zero attached hydrogens (tertiary/aromatic N) is 1. The minimum atomic E-state index is 0.421. The molecule has 1 rings (SSSR count). The topological polar surface area (TPSA) is 40.2 Å². The summed E-state index contributed by atoms with van der Waals surface area (Å²) in [6, 6.07) is 0. The van der Waals surface area contributed by atoms with Crippen molar-refractivity contribution >= 4 is 0 Å². The summed E-state index contributed by atoms with van der Waals surface area (Å²) in [5.74, 6) is 0. The number of rotatable bonds is 12. The molecule has 0 N–H and O–H groups in total. The highest BCUT2D eigenvalue weighted by atomic mass is 16.6. The summed E-state index contributed by atoms with van der Waals surface area (Å²) in [5, 5.41) is 0. The Balaban J connectivity index is -0.000000795. The Morgan fingerprint density at radius 1 is 0.731 bits per heavy atom. The maximum Gasteiger partial charge on any atom is 0.0704 e. The van der Waals surface area contributed by atoms with E-state index in [1.807, 2.05) is 41.5 Å². The molecule has 0 atom stereocenters. The van der Waals surface area contributed by atoms with Crippen molar-refractivity contribution in [2.45, 2.75) is 73.8 Å². The summed E-state index contributed by atoms with van der Waals surface area (Å²) in [6.07, 6.45) is 3.97. The van der Waals surface area contributed by atoms with Gasteiger partial charge in [0.25, 0.3) is 0 Å². The molecule has 0 spiro atoms. The van der Waals surface area contributed by atoms with Gasteiger partial charge in [-0.3, -0.25) is 0 Å². The smallest absolute Gasteiger partial charge is 0.0704 e. The molecule has 1 aliphatic heterocycles. The summed E-state index contributed by atoms with van der Waals surface area (Å²) in [4.78, 5) is 2.52. The van der Waals surface area contributed by atoms with Crippen molar-refractivity contribution in [2.24, 2.45) is 0 Å². The van der Waals surface area contributed by atoms with E-state index < -0.39 is 0 Å². The maximum atomic E-state index is 5.84. The van der Waals surface area contributed by atoms with Crippen LogP contribution in [-0.4, -0.2) is 77.4 Å². The standard InChI is InChI=1S/C15H31NO4.3C2H6/c1-3-6-16-7-4-15(5-8-16)20-14-13-19-12-11-18-10-9-17-2;3*1-2/h15H,3-14H2,1-2H3;3*1-2H3. The Morgan fingerprint density at radius 2 is 1.19 bits per heavy atom. The SMILES string of the molecule is CC.CC.CC.CCCN1CCC(OCCOCCOCCOC)CC1. The molecule has 1 aliphatic rings. The van der Waals surface area contributed by atoms with E-state index in [9.17, 15) is 0 Å².